The van der Waals surface area contributed by atoms with Crippen molar-refractivity contribution in [2.24, 2.45) is 5.73 Å². The van der Waals surface area contributed by atoms with Gasteiger partial charge in [0.15, 0.2) is 5.82 Å². The number of alkyl halides is 3. The van der Waals surface area contributed by atoms with E-state index in [-0.39, 0.29) is 11.7 Å². The molecule has 3 heterocycles. The van der Waals surface area contributed by atoms with Gasteiger partial charge in [-0.2, -0.15) is 26.6 Å². The highest BCUT2D eigenvalue weighted by molar-refractivity contribution is 5.96. The van der Waals surface area contributed by atoms with Crippen molar-refractivity contribution in [2.75, 3.05) is 18.5 Å². The number of carbonyl (C=O) groups excluding carboxylic acids is 1. The van der Waals surface area contributed by atoms with Crippen LogP contribution in [0.2, 0.25) is 0 Å². The minimum absolute atomic E-state index is 0.0729. The van der Waals surface area contributed by atoms with Crippen LogP contribution >= 0.6 is 0 Å². The smallest absolute Gasteiger partial charge is 0.475 e. The third-order valence-electron chi connectivity index (χ3n) is 5.73. The summed E-state index contributed by atoms with van der Waals surface area (Å²) in [5.74, 6) is -2.43. The number of pyridine rings is 1. The van der Waals surface area contributed by atoms with Gasteiger partial charge in [-0.25, -0.2) is 14.6 Å². The summed E-state index contributed by atoms with van der Waals surface area (Å²) in [6, 6.07) is 9.32. The van der Waals surface area contributed by atoms with E-state index in [1.54, 1.807) is 24.9 Å². The Labute approximate surface area is 216 Å². The maximum Gasteiger partial charge on any atom is 0.490 e. The average Bonchev–Trinajstić information content (AvgIpc) is 3.24. The van der Waals surface area contributed by atoms with Crippen molar-refractivity contribution in [3.8, 4) is 17.1 Å². The van der Waals surface area contributed by atoms with E-state index >= 15 is 0 Å². The van der Waals surface area contributed by atoms with E-state index < -0.39 is 42.6 Å². The van der Waals surface area contributed by atoms with Gasteiger partial charge in [0.2, 0.25) is 5.91 Å². The maximum atomic E-state index is 12.9. The number of hydrogen-bond acceptors (Lipinski definition) is 7. The minimum atomic E-state index is -5.08. The minimum Gasteiger partial charge on any atom is -0.475 e. The zero-order chi connectivity index (χ0) is 29.1. The van der Waals surface area contributed by atoms with Crippen molar-refractivity contribution in [3.05, 3.63) is 63.6 Å². The first-order chi connectivity index (χ1) is 18.2. The molecule has 39 heavy (non-hydrogen) atoms. The Morgan fingerprint density at radius 2 is 1.77 bits per heavy atom. The number of carboxylic acids is 1. The molecule has 3 aromatic rings. The van der Waals surface area contributed by atoms with Crippen LogP contribution in [0.1, 0.15) is 17.5 Å². The molecule has 0 saturated carbocycles. The van der Waals surface area contributed by atoms with Crippen LogP contribution in [0.25, 0.3) is 17.1 Å². The molecule has 0 aliphatic carbocycles. The van der Waals surface area contributed by atoms with Crippen LogP contribution in [0.3, 0.4) is 0 Å². The highest BCUT2D eigenvalue weighted by atomic mass is 19.4. The van der Waals surface area contributed by atoms with Crippen LogP contribution in [0.15, 0.2) is 46.8 Å². The van der Waals surface area contributed by atoms with Crippen LogP contribution in [0.5, 0.6) is 0 Å². The summed E-state index contributed by atoms with van der Waals surface area (Å²) in [6.45, 7) is 0.915. The van der Waals surface area contributed by atoms with Gasteiger partial charge in [0.05, 0.1) is 12.2 Å². The first-order valence-electron chi connectivity index (χ1n) is 11.2. The Hall–Kier alpha value is -4.47. The Balaban J connectivity index is 0.000000532. The third kappa shape index (κ3) is 6.51. The molecular weight excluding hydrogens is 533 g/mol. The molecule has 1 aliphatic rings. The number of nitrogens with two attached hydrogens (primary N) is 1. The topological polar surface area (TPSA) is 149 Å². The second kappa shape index (κ2) is 11.5. The molecule has 1 amide bonds. The summed E-state index contributed by atoms with van der Waals surface area (Å²) in [6.07, 6.45) is -5.94. The first kappa shape index (κ1) is 29.1. The van der Waals surface area contributed by atoms with E-state index in [2.05, 4.69) is 15.4 Å². The summed E-state index contributed by atoms with van der Waals surface area (Å²) in [5.41, 5.74) is 8.21. The Morgan fingerprint density at radius 3 is 2.36 bits per heavy atom. The van der Waals surface area contributed by atoms with Crippen LogP contribution in [0, 0.1) is 6.92 Å². The maximum absolute atomic E-state index is 12.9. The lowest BCUT2D eigenvalue weighted by molar-refractivity contribution is -0.192. The van der Waals surface area contributed by atoms with Gasteiger partial charge in [0.25, 0.3) is 6.08 Å². The normalized spacial score (nSPS) is 12.9. The van der Waals surface area contributed by atoms with E-state index in [1.807, 2.05) is 24.3 Å². The summed E-state index contributed by atoms with van der Waals surface area (Å²) in [4.78, 5) is 39.8. The Bertz CT molecular complexity index is 1490. The molecule has 2 aromatic heterocycles. The molecule has 0 saturated heterocycles. The van der Waals surface area contributed by atoms with E-state index in [1.165, 1.54) is 0 Å². The number of halogens is 5. The van der Waals surface area contributed by atoms with Crippen LogP contribution in [0.4, 0.5) is 27.6 Å². The van der Waals surface area contributed by atoms with E-state index in [0.29, 0.717) is 24.1 Å². The van der Waals surface area contributed by atoms with E-state index in [4.69, 9.17) is 15.6 Å². The summed E-state index contributed by atoms with van der Waals surface area (Å²) in [5, 5.41) is 14.6. The molecule has 3 N–H and O–H groups in total. The number of tetrazole rings is 1. The summed E-state index contributed by atoms with van der Waals surface area (Å²) in [7, 11) is 1.75. The average molecular weight is 555 g/mol. The van der Waals surface area contributed by atoms with Gasteiger partial charge in [0.1, 0.15) is 0 Å². The van der Waals surface area contributed by atoms with Gasteiger partial charge in [-0.3, -0.25) is 4.79 Å². The second-order valence-electron chi connectivity index (χ2n) is 8.34. The van der Waals surface area contributed by atoms with Crippen molar-refractivity contribution >= 4 is 17.6 Å². The first-order valence-corrected chi connectivity index (χ1v) is 11.2. The SMILES string of the molecule is Cc1ccc(-c2ccc3c(c2)CCC(=O)N3C)nc1-n1nnn(CC(CN)=C(F)F)c1=O.O=C(O)C(F)(F)F. The zero-order valence-corrected chi connectivity index (χ0v) is 20.5. The van der Waals surface area contributed by atoms with Crippen LogP contribution < -0.4 is 16.3 Å². The molecule has 0 bridgehead atoms. The van der Waals surface area contributed by atoms with Crippen LogP contribution in [-0.4, -0.2) is 61.5 Å². The van der Waals surface area contributed by atoms with Gasteiger partial charge in [-0.1, -0.05) is 12.1 Å². The van der Waals surface area contributed by atoms with E-state index in [0.717, 1.165) is 26.2 Å². The quantitative estimate of drug-likeness (QED) is 0.456. The van der Waals surface area contributed by atoms with Crippen molar-refractivity contribution in [1.29, 1.82) is 0 Å². The molecule has 208 valence electrons. The highest BCUT2D eigenvalue weighted by Crippen LogP contribution is 2.31. The van der Waals surface area contributed by atoms with Crippen molar-refractivity contribution in [3.63, 3.8) is 0 Å². The molecule has 0 radical (unpaired) electrons. The largest absolute Gasteiger partial charge is 0.490 e. The number of nitrogens with zero attached hydrogens (tertiary/aromatic N) is 6. The molecule has 0 atom stereocenters. The second-order valence-corrected chi connectivity index (χ2v) is 8.34. The molecular formula is C23H22F5N7O4. The highest BCUT2D eigenvalue weighted by Gasteiger charge is 2.38. The number of benzene rings is 1. The number of hydrogen-bond donors (Lipinski definition) is 2. The van der Waals surface area contributed by atoms with Gasteiger partial charge in [-0.15, -0.1) is 4.68 Å². The fraction of sp³-hybridized carbons (Fsp3) is 0.304. The molecule has 0 fully saturated rings. The Kier molecular flexibility index (Phi) is 8.58. The molecule has 1 aromatic carbocycles. The Morgan fingerprint density at radius 1 is 1.10 bits per heavy atom. The van der Waals surface area contributed by atoms with Crippen molar-refractivity contribution < 1.29 is 36.6 Å². The fourth-order valence-corrected chi connectivity index (χ4v) is 3.60. The standard InChI is InChI=1S/C21H21F2N7O2.C2HF3O2/c1-12-3-6-16(13-4-7-17-14(9-13)5-8-18(31)28(17)2)25-20(12)30-21(32)29(26-27-30)11-15(10-24)19(22)23;3-2(4,5)1(6)7/h3-4,6-7,9H,5,8,10-11,24H2,1-2H3;(H,6,7). The van der Waals surface area contributed by atoms with Gasteiger partial charge < -0.3 is 15.7 Å². The summed E-state index contributed by atoms with van der Waals surface area (Å²) < 4.78 is 59.4. The molecule has 0 unspecified atom stereocenters. The molecule has 16 heteroatoms. The van der Waals surface area contributed by atoms with Crippen molar-refractivity contribution in [2.45, 2.75) is 32.5 Å². The number of aryl methyl sites for hydroxylation is 2. The number of aromatic nitrogens is 5. The number of anilines is 1. The fourth-order valence-electron chi connectivity index (χ4n) is 3.60. The lowest BCUT2D eigenvalue weighted by atomic mass is 9.98. The number of aliphatic carboxylic acids is 1. The molecule has 4 rings (SSSR count). The predicted molar refractivity (Wildman–Crippen MR) is 127 cm³/mol. The lowest BCUT2D eigenvalue weighted by Gasteiger charge is -2.26. The summed E-state index contributed by atoms with van der Waals surface area (Å²) >= 11 is 0. The molecule has 0 spiro atoms. The number of fused-ring (bicyclic) bond motifs is 1. The van der Waals surface area contributed by atoms with Gasteiger partial charge >= 0.3 is 17.8 Å². The molecule has 1 aliphatic heterocycles. The monoisotopic (exact) mass is 555 g/mol. The number of carbonyl (C=O) groups is 2. The molecule has 11 nitrogen and oxygen atoms in total. The third-order valence-corrected chi connectivity index (χ3v) is 5.73. The lowest BCUT2D eigenvalue weighted by Crippen LogP contribution is -2.31. The van der Waals surface area contributed by atoms with Gasteiger partial charge in [0, 0.05) is 36.8 Å². The van der Waals surface area contributed by atoms with Crippen LogP contribution in [-0.2, 0) is 22.6 Å². The predicted octanol–water partition coefficient (Wildman–Crippen LogP) is 2.45. The van der Waals surface area contributed by atoms with Crippen molar-refractivity contribution in [1.82, 2.24) is 24.8 Å². The number of rotatable bonds is 5. The van der Waals surface area contributed by atoms with E-state index in [9.17, 15) is 31.5 Å². The van der Waals surface area contributed by atoms with Gasteiger partial charge in [-0.05, 0) is 53.1 Å². The number of carboxylic acid groups (broad SMARTS) is 1. The zero-order valence-electron chi connectivity index (χ0n) is 20.5. The number of amides is 1.